The molecule has 1 aromatic heterocycles. The van der Waals surface area contributed by atoms with Crippen LogP contribution in [0, 0.1) is 16.0 Å². The summed E-state index contributed by atoms with van der Waals surface area (Å²) >= 11 is 1.41. The molecule has 1 saturated carbocycles. The van der Waals surface area contributed by atoms with Gasteiger partial charge in [-0.3, -0.25) is 14.9 Å². The first-order valence-electron chi connectivity index (χ1n) is 8.18. The standard InChI is InChI=1S/C17H18N2O4S/c20-17(18(13-1-2-13)9-11-5-6-23-10-11)16-8-12-7-14(19(21)22)3-4-15(12)24-16/h3-4,7-8,11,13H,1-2,5-6,9-10H2/t11-/m0/s1. The Hall–Kier alpha value is -1.99. The number of hydrogen-bond donors (Lipinski definition) is 0. The van der Waals surface area contributed by atoms with Crippen LogP contribution in [0.15, 0.2) is 24.3 Å². The third-order valence-electron chi connectivity index (χ3n) is 4.65. The minimum Gasteiger partial charge on any atom is -0.381 e. The van der Waals surface area contributed by atoms with E-state index < -0.39 is 4.92 Å². The van der Waals surface area contributed by atoms with E-state index in [1.807, 2.05) is 4.90 Å². The molecular weight excluding hydrogens is 328 g/mol. The quantitative estimate of drug-likeness (QED) is 0.614. The zero-order chi connectivity index (χ0) is 16.7. The van der Waals surface area contributed by atoms with E-state index >= 15 is 0 Å². The number of rotatable bonds is 5. The Labute approximate surface area is 143 Å². The van der Waals surface area contributed by atoms with Crippen molar-refractivity contribution in [2.75, 3.05) is 19.8 Å². The van der Waals surface area contributed by atoms with Crippen molar-refractivity contribution in [1.29, 1.82) is 0 Å². The van der Waals surface area contributed by atoms with E-state index in [4.69, 9.17) is 4.74 Å². The van der Waals surface area contributed by atoms with Crippen molar-refractivity contribution in [2.45, 2.75) is 25.3 Å². The maximum Gasteiger partial charge on any atom is 0.270 e. The fraction of sp³-hybridized carbons (Fsp3) is 0.471. The van der Waals surface area contributed by atoms with Crippen LogP contribution in [0.4, 0.5) is 5.69 Å². The average Bonchev–Trinajstić information content (AvgIpc) is 3.11. The molecule has 2 aromatic rings. The molecule has 1 aliphatic carbocycles. The minimum atomic E-state index is -0.408. The van der Waals surface area contributed by atoms with Gasteiger partial charge in [-0.2, -0.15) is 0 Å². The molecule has 0 N–H and O–H groups in total. The monoisotopic (exact) mass is 346 g/mol. The van der Waals surface area contributed by atoms with Crippen molar-refractivity contribution in [1.82, 2.24) is 4.90 Å². The van der Waals surface area contributed by atoms with Crippen LogP contribution in [0.1, 0.15) is 28.9 Å². The van der Waals surface area contributed by atoms with Gasteiger partial charge in [-0.1, -0.05) is 0 Å². The van der Waals surface area contributed by atoms with Crippen molar-refractivity contribution < 1.29 is 14.5 Å². The van der Waals surface area contributed by atoms with Gasteiger partial charge in [-0.15, -0.1) is 11.3 Å². The number of carbonyl (C=O) groups excluding carboxylic acids is 1. The highest BCUT2D eigenvalue weighted by molar-refractivity contribution is 7.20. The molecule has 1 saturated heterocycles. The van der Waals surface area contributed by atoms with Gasteiger partial charge < -0.3 is 9.64 Å². The van der Waals surface area contributed by atoms with Gasteiger partial charge in [-0.25, -0.2) is 0 Å². The zero-order valence-electron chi connectivity index (χ0n) is 13.1. The summed E-state index contributed by atoms with van der Waals surface area (Å²) in [5.41, 5.74) is 0.0569. The molecule has 0 radical (unpaired) electrons. The lowest BCUT2D eigenvalue weighted by Gasteiger charge is -2.24. The molecule has 1 aliphatic heterocycles. The SMILES string of the molecule is O=C(c1cc2cc([N+](=O)[O-])ccc2s1)N(C[C@@H]1CCOC1)C1CC1. The number of ether oxygens (including phenoxy) is 1. The maximum absolute atomic E-state index is 13.0. The molecule has 1 amide bonds. The van der Waals surface area contributed by atoms with Gasteiger partial charge in [0.25, 0.3) is 11.6 Å². The van der Waals surface area contributed by atoms with Gasteiger partial charge in [-0.05, 0) is 31.4 Å². The normalized spacial score (nSPS) is 20.4. The number of benzene rings is 1. The summed E-state index contributed by atoms with van der Waals surface area (Å²) < 4.78 is 6.33. The molecular formula is C17H18N2O4S. The fourth-order valence-corrected chi connectivity index (χ4v) is 4.18. The molecule has 2 fully saturated rings. The summed E-state index contributed by atoms with van der Waals surface area (Å²) in [5.74, 6) is 0.471. The topological polar surface area (TPSA) is 72.7 Å². The summed E-state index contributed by atoms with van der Waals surface area (Å²) in [5, 5.41) is 11.7. The number of fused-ring (bicyclic) bond motifs is 1. The molecule has 1 atom stereocenters. The molecule has 24 heavy (non-hydrogen) atoms. The Morgan fingerprint density at radius 1 is 1.33 bits per heavy atom. The number of carbonyl (C=O) groups is 1. The maximum atomic E-state index is 13.0. The van der Waals surface area contributed by atoms with Crippen LogP contribution in [0.5, 0.6) is 0 Å². The second-order valence-corrected chi connectivity index (χ2v) is 7.59. The first kappa shape index (κ1) is 15.5. The predicted molar refractivity (Wildman–Crippen MR) is 91.5 cm³/mol. The molecule has 1 aromatic carbocycles. The molecule has 4 rings (SSSR count). The van der Waals surface area contributed by atoms with Crippen LogP contribution in [0.25, 0.3) is 10.1 Å². The number of hydrogen-bond acceptors (Lipinski definition) is 5. The van der Waals surface area contributed by atoms with Crippen molar-refractivity contribution >= 4 is 33.0 Å². The van der Waals surface area contributed by atoms with Crippen LogP contribution >= 0.6 is 11.3 Å². The highest BCUT2D eigenvalue weighted by Gasteiger charge is 2.35. The summed E-state index contributed by atoms with van der Waals surface area (Å²) in [6, 6.07) is 6.88. The number of thiophene rings is 1. The van der Waals surface area contributed by atoms with E-state index in [9.17, 15) is 14.9 Å². The lowest BCUT2D eigenvalue weighted by atomic mass is 10.1. The molecule has 2 heterocycles. The van der Waals surface area contributed by atoms with Crippen LogP contribution < -0.4 is 0 Å². The number of nitrogens with zero attached hydrogens (tertiary/aromatic N) is 2. The number of nitro groups is 1. The van der Waals surface area contributed by atoms with E-state index in [0.29, 0.717) is 16.8 Å². The summed E-state index contributed by atoms with van der Waals surface area (Å²) in [6.07, 6.45) is 3.14. The Balaban J connectivity index is 1.59. The summed E-state index contributed by atoms with van der Waals surface area (Å²) in [4.78, 5) is 26.1. The molecule has 0 spiro atoms. The average molecular weight is 346 g/mol. The summed E-state index contributed by atoms with van der Waals surface area (Å²) in [7, 11) is 0. The highest BCUT2D eigenvalue weighted by Crippen LogP contribution is 2.34. The van der Waals surface area contributed by atoms with Crippen LogP contribution in [0.2, 0.25) is 0 Å². The largest absolute Gasteiger partial charge is 0.381 e. The van der Waals surface area contributed by atoms with E-state index in [2.05, 4.69) is 0 Å². The lowest BCUT2D eigenvalue weighted by Crippen LogP contribution is -2.37. The zero-order valence-corrected chi connectivity index (χ0v) is 14.0. The van der Waals surface area contributed by atoms with Crippen LogP contribution in [-0.2, 0) is 4.74 Å². The van der Waals surface area contributed by atoms with Gasteiger partial charge in [0, 0.05) is 47.3 Å². The van der Waals surface area contributed by atoms with Gasteiger partial charge >= 0.3 is 0 Å². The second-order valence-electron chi connectivity index (χ2n) is 6.51. The van der Waals surface area contributed by atoms with Crippen molar-refractivity contribution in [3.05, 3.63) is 39.3 Å². The highest BCUT2D eigenvalue weighted by atomic mass is 32.1. The Bertz CT molecular complexity index is 793. The number of non-ortho nitro benzene ring substituents is 1. The fourth-order valence-electron chi connectivity index (χ4n) is 3.18. The Morgan fingerprint density at radius 2 is 2.17 bits per heavy atom. The second kappa shape index (κ2) is 6.14. The van der Waals surface area contributed by atoms with E-state index in [-0.39, 0.29) is 11.6 Å². The van der Waals surface area contributed by atoms with E-state index in [1.165, 1.54) is 23.5 Å². The number of amides is 1. The third-order valence-corrected chi connectivity index (χ3v) is 5.75. The number of nitro benzene ring substituents is 1. The van der Waals surface area contributed by atoms with Gasteiger partial charge in [0.05, 0.1) is 16.4 Å². The van der Waals surface area contributed by atoms with Crippen molar-refractivity contribution in [3.8, 4) is 0 Å². The van der Waals surface area contributed by atoms with Crippen molar-refractivity contribution in [2.24, 2.45) is 5.92 Å². The molecule has 0 bridgehead atoms. The predicted octanol–water partition coefficient (Wildman–Crippen LogP) is 3.45. The van der Waals surface area contributed by atoms with E-state index in [1.54, 1.807) is 12.1 Å². The van der Waals surface area contributed by atoms with Crippen LogP contribution in [-0.4, -0.2) is 41.5 Å². The molecule has 7 heteroatoms. The van der Waals surface area contributed by atoms with Gasteiger partial charge in [0.15, 0.2) is 0 Å². The van der Waals surface area contributed by atoms with Crippen LogP contribution in [0.3, 0.4) is 0 Å². The molecule has 126 valence electrons. The van der Waals surface area contributed by atoms with Gasteiger partial charge in [0.2, 0.25) is 0 Å². The Kier molecular flexibility index (Phi) is 3.97. The molecule has 2 aliphatic rings. The Morgan fingerprint density at radius 3 is 2.83 bits per heavy atom. The minimum absolute atomic E-state index is 0.0493. The summed E-state index contributed by atoms with van der Waals surface area (Å²) in [6.45, 7) is 2.26. The van der Waals surface area contributed by atoms with Crippen molar-refractivity contribution in [3.63, 3.8) is 0 Å². The smallest absolute Gasteiger partial charge is 0.270 e. The molecule has 6 nitrogen and oxygen atoms in total. The van der Waals surface area contributed by atoms with E-state index in [0.717, 1.165) is 49.1 Å². The third kappa shape index (κ3) is 3.01. The lowest BCUT2D eigenvalue weighted by molar-refractivity contribution is -0.384. The van der Waals surface area contributed by atoms with Gasteiger partial charge in [0.1, 0.15) is 0 Å². The molecule has 0 unspecified atom stereocenters. The first-order chi connectivity index (χ1) is 11.6. The first-order valence-corrected chi connectivity index (χ1v) is 9.00.